The van der Waals surface area contributed by atoms with E-state index in [1.54, 1.807) is 7.11 Å². The summed E-state index contributed by atoms with van der Waals surface area (Å²) in [4.78, 5) is 0. The van der Waals surface area contributed by atoms with E-state index in [1.165, 1.54) is 18.0 Å². The van der Waals surface area contributed by atoms with Crippen molar-refractivity contribution in [1.82, 2.24) is 10.3 Å². The summed E-state index contributed by atoms with van der Waals surface area (Å²) in [7, 11) is 1.68. The predicted molar refractivity (Wildman–Crippen MR) is 52.0 cm³/mol. The zero-order chi connectivity index (χ0) is 10.2. The van der Waals surface area contributed by atoms with Gasteiger partial charge in [0.2, 0.25) is 0 Å². The normalized spacial score (nSPS) is 8.71. The largest absolute Gasteiger partial charge is 0.497 e. The van der Waals surface area contributed by atoms with E-state index in [4.69, 9.17) is 4.74 Å². The maximum absolute atomic E-state index is 5.00. The first-order valence-electron chi connectivity index (χ1n) is 4.15. The molecule has 74 valence electrons. The number of benzene rings is 1. The summed E-state index contributed by atoms with van der Waals surface area (Å²) in [5.74, 6) is 0.926. The Hall–Kier alpha value is -1.84. The molecule has 0 radical (unpaired) electrons. The van der Waals surface area contributed by atoms with E-state index in [9.17, 15) is 0 Å². The topological polar surface area (TPSA) is 48.2 Å². The molecule has 0 amide bonds. The average molecular weight is 192 g/mol. The Labute approximate surface area is 82.5 Å². The molecule has 0 atom stereocenters. The van der Waals surface area contributed by atoms with Gasteiger partial charge in [-0.1, -0.05) is 22.4 Å². The fraction of sp³-hybridized carbons (Fsp3) is 0.200. The molecule has 1 heterocycles. The van der Waals surface area contributed by atoms with Crippen LogP contribution in [0.1, 0.15) is 5.56 Å². The van der Waals surface area contributed by atoms with Crippen molar-refractivity contribution in [2.45, 2.75) is 6.92 Å². The lowest BCUT2D eigenvalue weighted by molar-refractivity contribution is 0.307. The summed E-state index contributed by atoms with van der Waals surface area (Å²) in [5.41, 5.74) is 1.23. The van der Waals surface area contributed by atoms with Crippen LogP contribution in [0.15, 0.2) is 41.3 Å². The zero-order valence-corrected chi connectivity index (χ0v) is 8.18. The predicted octanol–water partition coefficient (Wildman–Crippen LogP) is 2.07. The first kappa shape index (κ1) is 10.2. The van der Waals surface area contributed by atoms with Gasteiger partial charge >= 0.3 is 0 Å². The Kier molecular flexibility index (Phi) is 4.20. The third kappa shape index (κ3) is 3.71. The van der Waals surface area contributed by atoms with Gasteiger partial charge in [0.05, 0.1) is 19.5 Å². The van der Waals surface area contributed by atoms with Gasteiger partial charge in [0.25, 0.3) is 0 Å². The van der Waals surface area contributed by atoms with Gasteiger partial charge in [0.15, 0.2) is 0 Å². The summed E-state index contributed by atoms with van der Waals surface area (Å²) in [5, 5.41) is 6.47. The molecule has 1 aromatic heterocycles. The van der Waals surface area contributed by atoms with Crippen molar-refractivity contribution in [1.29, 1.82) is 0 Å². The first-order chi connectivity index (χ1) is 6.83. The maximum Gasteiger partial charge on any atom is 0.119 e. The lowest BCUT2D eigenvalue weighted by Crippen LogP contribution is -1.81. The molecule has 4 heteroatoms. The number of nitrogens with zero attached hydrogens (tertiary/aromatic N) is 2. The van der Waals surface area contributed by atoms with Crippen LogP contribution in [-0.4, -0.2) is 17.4 Å². The number of hydrogen-bond acceptors (Lipinski definition) is 4. The molecule has 0 aliphatic carbocycles. The zero-order valence-electron chi connectivity index (χ0n) is 8.18. The Balaban J connectivity index is 0.000000165. The SMILES string of the molecule is COc1cccc(C)c1.c1cnon1. The van der Waals surface area contributed by atoms with Crippen LogP contribution in [-0.2, 0) is 0 Å². The molecular weight excluding hydrogens is 180 g/mol. The quantitative estimate of drug-likeness (QED) is 0.694. The fourth-order valence-corrected chi connectivity index (χ4v) is 0.878. The first-order valence-corrected chi connectivity index (χ1v) is 4.15. The second-order valence-corrected chi connectivity index (χ2v) is 2.61. The molecule has 0 aliphatic heterocycles. The van der Waals surface area contributed by atoms with Gasteiger partial charge in [0, 0.05) is 0 Å². The number of aryl methyl sites for hydroxylation is 1. The molecular formula is C10H12N2O2. The van der Waals surface area contributed by atoms with E-state index >= 15 is 0 Å². The molecule has 0 unspecified atom stereocenters. The molecule has 2 aromatic rings. The van der Waals surface area contributed by atoms with E-state index in [1.807, 2.05) is 31.2 Å². The van der Waals surface area contributed by atoms with Gasteiger partial charge in [0.1, 0.15) is 5.75 Å². The Bertz CT molecular complexity index is 330. The number of aromatic nitrogens is 2. The van der Waals surface area contributed by atoms with Gasteiger partial charge < -0.3 is 4.74 Å². The lowest BCUT2D eigenvalue weighted by atomic mass is 10.2. The monoisotopic (exact) mass is 192 g/mol. The molecule has 4 nitrogen and oxygen atoms in total. The minimum absolute atomic E-state index is 0.926. The Morgan fingerprint density at radius 1 is 1.21 bits per heavy atom. The van der Waals surface area contributed by atoms with Crippen LogP contribution in [0.5, 0.6) is 5.75 Å². The van der Waals surface area contributed by atoms with E-state index in [2.05, 4.69) is 14.9 Å². The van der Waals surface area contributed by atoms with Crippen molar-refractivity contribution in [3.63, 3.8) is 0 Å². The number of hydrogen-bond donors (Lipinski definition) is 0. The molecule has 1 aromatic carbocycles. The number of rotatable bonds is 1. The smallest absolute Gasteiger partial charge is 0.119 e. The maximum atomic E-state index is 5.00. The van der Waals surface area contributed by atoms with Gasteiger partial charge in [-0.05, 0) is 24.6 Å². The van der Waals surface area contributed by atoms with Crippen LogP contribution in [0.2, 0.25) is 0 Å². The highest BCUT2D eigenvalue weighted by atomic mass is 16.6. The Morgan fingerprint density at radius 3 is 2.29 bits per heavy atom. The van der Waals surface area contributed by atoms with E-state index in [0.29, 0.717) is 0 Å². The van der Waals surface area contributed by atoms with Crippen molar-refractivity contribution in [3.8, 4) is 5.75 Å². The van der Waals surface area contributed by atoms with Crippen molar-refractivity contribution >= 4 is 0 Å². The van der Waals surface area contributed by atoms with Gasteiger partial charge in [-0.25, -0.2) is 4.63 Å². The Morgan fingerprint density at radius 2 is 1.93 bits per heavy atom. The van der Waals surface area contributed by atoms with Crippen LogP contribution in [0.25, 0.3) is 0 Å². The molecule has 0 aliphatic rings. The minimum Gasteiger partial charge on any atom is -0.497 e. The highest BCUT2D eigenvalue weighted by Gasteiger charge is 1.86. The average Bonchev–Trinajstić information content (AvgIpc) is 2.75. The summed E-state index contributed by atoms with van der Waals surface area (Å²) in [6, 6.07) is 7.96. The standard InChI is InChI=1S/C8H10O.C2H2N2O/c1-7-4-3-5-8(6-7)9-2;1-2-4-5-3-1/h3-6H,1-2H3;1-2H. The highest BCUT2D eigenvalue weighted by Crippen LogP contribution is 2.10. The molecule has 14 heavy (non-hydrogen) atoms. The van der Waals surface area contributed by atoms with Crippen LogP contribution in [0.3, 0.4) is 0 Å². The van der Waals surface area contributed by atoms with Gasteiger partial charge in [-0.3, -0.25) is 0 Å². The molecule has 0 spiro atoms. The third-order valence-electron chi connectivity index (χ3n) is 1.51. The molecule has 0 saturated carbocycles. The molecule has 2 rings (SSSR count). The molecule has 0 saturated heterocycles. The van der Waals surface area contributed by atoms with E-state index in [-0.39, 0.29) is 0 Å². The summed E-state index contributed by atoms with van der Waals surface area (Å²) >= 11 is 0. The van der Waals surface area contributed by atoms with Gasteiger partial charge in [-0.15, -0.1) is 0 Å². The summed E-state index contributed by atoms with van der Waals surface area (Å²) < 4.78 is 9.08. The molecule has 0 N–H and O–H groups in total. The van der Waals surface area contributed by atoms with Gasteiger partial charge in [-0.2, -0.15) is 0 Å². The summed E-state index contributed by atoms with van der Waals surface area (Å²) in [6.45, 7) is 2.04. The fourth-order valence-electron chi connectivity index (χ4n) is 0.878. The van der Waals surface area contributed by atoms with E-state index < -0.39 is 0 Å². The second kappa shape index (κ2) is 5.75. The van der Waals surface area contributed by atoms with Crippen LogP contribution >= 0.6 is 0 Å². The van der Waals surface area contributed by atoms with E-state index in [0.717, 1.165) is 5.75 Å². The van der Waals surface area contributed by atoms with Crippen molar-refractivity contribution in [2.24, 2.45) is 0 Å². The lowest BCUT2D eigenvalue weighted by Gasteiger charge is -1.97. The third-order valence-corrected chi connectivity index (χ3v) is 1.51. The van der Waals surface area contributed by atoms with Crippen molar-refractivity contribution in [3.05, 3.63) is 42.2 Å². The summed E-state index contributed by atoms with van der Waals surface area (Å²) in [6.07, 6.45) is 2.94. The minimum atomic E-state index is 0.926. The van der Waals surface area contributed by atoms with Crippen molar-refractivity contribution in [2.75, 3.05) is 7.11 Å². The molecule has 0 fully saturated rings. The molecule has 0 bridgehead atoms. The highest BCUT2D eigenvalue weighted by molar-refractivity contribution is 5.27. The van der Waals surface area contributed by atoms with Crippen LogP contribution < -0.4 is 4.74 Å². The second-order valence-electron chi connectivity index (χ2n) is 2.61. The van der Waals surface area contributed by atoms with Crippen LogP contribution in [0.4, 0.5) is 0 Å². The van der Waals surface area contributed by atoms with Crippen molar-refractivity contribution < 1.29 is 9.37 Å². The van der Waals surface area contributed by atoms with Crippen LogP contribution in [0, 0.1) is 6.92 Å². The number of methoxy groups -OCH3 is 1. The number of ether oxygens (including phenoxy) is 1.